The van der Waals surface area contributed by atoms with Gasteiger partial charge in [-0.3, -0.25) is 10.1 Å². The van der Waals surface area contributed by atoms with Gasteiger partial charge in [0.05, 0.1) is 16.7 Å². The third-order valence-electron chi connectivity index (χ3n) is 5.72. The molecule has 0 aromatic carbocycles. The van der Waals surface area contributed by atoms with Gasteiger partial charge >= 0.3 is 0 Å². The van der Waals surface area contributed by atoms with Gasteiger partial charge in [0.2, 0.25) is 0 Å². The number of aromatic nitrogens is 3. The third kappa shape index (κ3) is 5.78. The number of hydrogen-bond acceptors (Lipinski definition) is 5. The summed E-state index contributed by atoms with van der Waals surface area (Å²) in [4.78, 5) is 6.60. The Morgan fingerprint density at radius 2 is 1.97 bits per heavy atom. The lowest BCUT2D eigenvalue weighted by molar-refractivity contribution is 0.530. The predicted molar refractivity (Wildman–Crippen MR) is 152 cm³/mol. The van der Waals surface area contributed by atoms with Crippen LogP contribution in [0.4, 0.5) is 5.69 Å². The fourth-order valence-electron chi connectivity index (χ4n) is 3.69. The first-order valence-corrected chi connectivity index (χ1v) is 12.3. The highest BCUT2D eigenvalue weighted by Crippen LogP contribution is 2.29. The molecule has 0 aliphatic rings. The second-order valence-corrected chi connectivity index (χ2v) is 9.00. The van der Waals surface area contributed by atoms with Crippen LogP contribution in [-0.2, 0) is 0 Å². The first-order chi connectivity index (χ1) is 16.8. The van der Waals surface area contributed by atoms with E-state index < -0.39 is 0 Å². The van der Waals surface area contributed by atoms with Crippen molar-refractivity contribution in [3.05, 3.63) is 106 Å². The fourth-order valence-corrected chi connectivity index (χ4v) is 4.33. The van der Waals surface area contributed by atoms with E-state index in [0.717, 1.165) is 55.6 Å². The maximum absolute atomic E-state index is 4.58. The summed E-state index contributed by atoms with van der Waals surface area (Å²) >= 11 is 1.66. The Hall–Kier alpha value is -3.90. The van der Waals surface area contributed by atoms with E-state index in [9.17, 15) is 0 Å². The molecule has 0 aliphatic heterocycles. The zero-order valence-corrected chi connectivity index (χ0v) is 22.0. The molecular weight excluding hydrogens is 450 g/mol. The first-order valence-electron chi connectivity index (χ1n) is 11.3. The summed E-state index contributed by atoms with van der Waals surface area (Å²) in [7, 11) is 3.98. The van der Waals surface area contributed by atoms with Crippen LogP contribution in [-0.4, -0.2) is 34.2 Å². The minimum absolute atomic E-state index is 0.691. The third-order valence-corrected chi connectivity index (χ3v) is 6.40. The van der Waals surface area contributed by atoms with Crippen molar-refractivity contribution < 1.29 is 0 Å². The molecule has 180 valence electrons. The number of thiophene rings is 1. The van der Waals surface area contributed by atoms with Gasteiger partial charge in [-0.05, 0) is 73.2 Å². The molecule has 0 aliphatic carbocycles. The van der Waals surface area contributed by atoms with Gasteiger partial charge < -0.3 is 10.2 Å². The zero-order valence-electron chi connectivity index (χ0n) is 21.1. The van der Waals surface area contributed by atoms with Gasteiger partial charge in [-0.15, -0.1) is 0 Å². The standard InChI is InChI=1S/C29H33N5S/c1-9-22(17-24(10-2)34(7)8)19(4)16-25-26(11-3)32-33-29(25)21(6)31-27-12-14-30-28(20(27)5)23-13-15-35-18-23/h9-18,32H,2,4,6H2,1,3,5,7-8H3,(H,30,31)/b22-9+,24-17+,25-16+,26-11+. The Labute approximate surface area is 211 Å². The number of rotatable bonds is 9. The van der Waals surface area contributed by atoms with E-state index >= 15 is 0 Å². The highest BCUT2D eigenvalue weighted by atomic mass is 32.1. The molecule has 0 spiro atoms. The molecule has 3 aromatic heterocycles. The molecule has 5 nitrogen and oxygen atoms in total. The lowest BCUT2D eigenvalue weighted by Gasteiger charge is -2.14. The van der Waals surface area contributed by atoms with Crippen molar-refractivity contribution in [1.82, 2.24) is 20.1 Å². The summed E-state index contributed by atoms with van der Waals surface area (Å²) in [6.45, 7) is 18.6. The normalized spacial score (nSPS) is 13.2. The summed E-state index contributed by atoms with van der Waals surface area (Å²) in [5.74, 6) is 0. The molecule has 0 unspecified atom stereocenters. The highest BCUT2D eigenvalue weighted by molar-refractivity contribution is 7.08. The van der Waals surface area contributed by atoms with E-state index in [-0.39, 0.29) is 0 Å². The molecule has 0 saturated carbocycles. The van der Waals surface area contributed by atoms with Crippen LogP contribution in [0.25, 0.3) is 29.1 Å². The highest BCUT2D eigenvalue weighted by Gasteiger charge is 2.12. The largest absolute Gasteiger partial charge is 0.378 e. The lowest BCUT2D eigenvalue weighted by Crippen LogP contribution is -2.25. The van der Waals surface area contributed by atoms with Crippen LogP contribution in [0.15, 0.2) is 83.9 Å². The summed E-state index contributed by atoms with van der Waals surface area (Å²) < 4.78 is 0. The van der Waals surface area contributed by atoms with Crippen molar-refractivity contribution in [1.29, 1.82) is 0 Å². The molecule has 2 N–H and O–H groups in total. The fraction of sp³-hybridized carbons (Fsp3) is 0.172. The Bertz CT molecular complexity index is 1420. The lowest BCUT2D eigenvalue weighted by atomic mass is 10.0. The SMILES string of the molecule is C=C/C(=C\C(=C/C)C(=C)/C=c1/c(C(=C)Nc2ccnc(-c3ccsc3)c2C)n[nH]/c1=C/C)N(C)C. The van der Waals surface area contributed by atoms with Crippen molar-refractivity contribution in [3.8, 4) is 11.3 Å². The summed E-state index contributed by atoms with van der Waals surface area (Å²) in [5.41, 5.74) is 8.37. The predicted octanol–water partition coefficient (Wildman–Crippen LogP) is 5.64. The molecule has 0 saturated heterocycles. The number of pyridine rings is 1. The van der Waals surface area contributed by atoms with E-state index in [1.54, 1.807) is 11.3 Å². The second-order valence-electron chi connectivity index (χ2n) is 8.22. The minimum Gasteiger partial charge on any atom is -0.378 e. The average molecular weight is 484 g/mol. The Morgan fingerprint density at radius 1 is 1.20 bits per heavy atom. The number of nitrogens with zero attached hydrogens (tertiary/aromatic N) is 3. The molecule has 0 bridgehead atoms. The van der Waals surface area contributed by atoms with Gasteiger partial charge in [-0.25, -0.2) is 0 Å². The van der Waals surface area contributed by atoms with Crippen molar-refractivity contribution in [3.63, 3.8) is 0 Å². The Morgan fingerprint density at radius 3 is 2.57 bits per heavy atom. The Kier molecular flexibility index (Phi) is 8.44. The van der Waals surface area contributed by atoms with Crippen LogP contribution < -0.4 is 15.9 Å². The molecule has 0 amide bonds. The second kappa shape index (κ2) is 11.5. The molecule has 0 radical (unpaired) electrons. The van der Waals surface area contributed by atoms with E-state index in [2.05, 4.69) is 70.1 Å². The quantitative estimate of drug-likeness (QED) is 0.387. The van der Waals surface area contributed by atoms with E-state index in [4.69, 9.17) is 0 Å². The molecule has 35 heavy (non-hydrogen) atoms. The maximum atomic E-state index is 4.58. The number of nitrogens with one attached hydrogen (secondary N) is 2. The summed E-state index contributed by atoms with van der Waals surface area (Å²) in [5, 5.41) is 17.1. The van der Waals surface area contributed by atoms with Gasteiger partial charge in [-0.1, -0.05) is 31.9 Å². The molecule has 3 heterocycles. The average Bonchev–Trinajstić information content (AvgIpc) is 3.51. The van der Waals surface area contributed by atoms with Crippen molar-refractivity contribution in [2.75, 3.05) is 19.4 Å². The monoisotopic (exact) mass is 483 g/mol. The molecule has 0 fully saturated rings. The van der Waals surface area contributed by atoms with Crippen molar-refractivity contribution >= 4 is 34.9 Å². The maximum Gasteiger partial charge on any atom is 0.116 e. The van der Waals surface area contributed by atoms with E-state index in [1.807, 2.05) is 69.4 Å². The Balaban J connectivity index is 1.99. The molecule has 3 aromatic rings. The summed E-state index contributed by atoms with van der Waals surface area (Å²) in [6.07, 6.45) is 11.8. The summed E-state index contributed by atoms with van der Waals surface area (Å²) in [6, 6.07) is 4.04. The van der Waals surface area contributed by atoms with Crippen LogP contribution >= 0.6 is 11.3 Å². The zero-order chi connectivity index (χ0) is 25.5. The van der Waals surface area contributed by atoms with Gasteiger partial charge in [0.25, 0.3) is 0 Å². The minimum atomic E-state index is 0.691. The number of allylic oxidation sites excluding steroid dienone is 5. The smallest absolute Gasteiger partial charge is 0.116 e. The van der Waals surface area contributed by atoms with Gasteiger partial charge in [0.15, 0.2) is 0 Å². The van der Waals surface area contributed by atoms with Crippen molar-refractivity contribution in [2.24, 2.45) is 0 Å². The molecular formula is C29H33N5S. The number of aromatic amines is 1. The molecule has 3 rings (SSSR count). The van der Waals surface area contributed by atoms with Crippen LogP contribution in [0.2, 0.25) is 0 Å². The van der Waals surface area contributed by atoms with Crippen LogP contribution in [0.3, 0.4) is 0 Å². The number of H-pyrrole nitrogens is 1. The number of hydrogen-bond donors (Lipinski definition) is 2. The van der Waals surface area contributed by atoms with Gasteiger partial charge in [0.1, 0.15) is 5.69 Å². The van der Waals surface area contributed by atoms with Crippen LogP contribution in [0, 0.1) is 6.92 Å². The van der Waals surface area contributed by atoms with Crippen LogP contribution in [0.1, 0.15) is 25.1 Å². The van der Waals surface area contributed by atoms with Gasteiger partial charge in [-0.2, -0.15) is 16.4 Å². The van der Waals surface area contributed by atoms with Crippen molar-refractivity contribution in [2.45, 2.75) is 20.8 Å². The number of likely N-dealkylation sites (N-methyl/N-ethyl adjacent to an activating group) is 1. The molecule has 6 heteroatoms. The first kappa shape index (κ1) is 25.7. The van der Waals surface area contributed by atoms with E-state index in [1.165, 1.54) is 0 Å². The van der Waals surface area contributed by atoms with E-state index in [0.29, 0.717) is 5.70 Å². The van der Waals surface area contributed by atoms with Crippen LogP contribution in [0.5, 0.6) is 0 Å². The number of anilines is 1. The van der Waals surface area contributed by atoms with Gasteiger partial charge in [0, 0.05) is 47.8 Å². The topological polar surface area (TPSA) is 56.8 Å². The molecule has 0 atom stereocenters.